The van der Waals surface area contributed by atoms with Gasteiger partial charge in [0.05, 0.1) is 24.2 Å². The molecule has 1 atom stereocenters. The van der Waals surface area contributed by atoms with E-state index in [0.717, 1.165) is 6.26 Å². The van der Waals surface area contributed by atoms with Gasteiger partial charge in [0.1, 0.15) is 21.8 Å². The number of sulfonamides is 1. The maximum Gasteiger partial charge on any atom is 0.317 e. The second-order valence-corrected chi connectivity index (χ2v) is 13.3. The van der Waals surface area contributed by atoms with E-state index in [2.05, 4.69) is 19.8 Å². The first-order valence-corrected chi connectivity index (χ1v) is 15.4. The number of hydrogen-bond donors (Lipinski definition) is 7. The van der Waals surface area contributed by atoms with E-state index in [1.54, 1.807) is 24.3 Å². The number of rotatable bonds is 9. The lowest BCUT2D eigenvalue weighted by Gasteiger charge is -2.41. The lowest BCUT2D eigenvalue weighted by atomic mass is 9.71. The fourth-order valence-corrected chi connectivity index (χ4v) is 6.41. The van der Waals surface area contributed by atoms with Gasteiger partial charge in [0, 0.05) is 5.56 Å². The Bertz CT molecular complexity index is 1520. The number of nitrogens with one attached hydrogen (secondary N) is 3. The highest BCUT2D eigenvalue weighted by molar-refractivity contribution is 8.23. The Morgan fingerprint density at radius 1 is 1.18 bits per heavy atom. The van der Waals surface area contributed by atoms with E-state index in [9.17, 15) is 37.3 Å². The van der Waals surface area contributed by atoms with Gasteiger partial charge in [-0.2, -0.15) is 0 Å². The number of nitrogens with zero attached hydrogens (tertiary/aromatic N) is 1. The van der Waals surface area contributed by atoms with E-state index in [1.807, 2.05) is 13.8 Å². The molecule has 2 aliphatic rings. The second kappa shape index (κ2) is 10.3. The van der Waals surface area contributed by atoms with Gasteiger partial charge in [-0.3, -0.25) is 28.7 Å². The third kappa shape index (κ3) is 5.65. The molecule has 4 rings (SSSR count). The minimum Gasteiger partial charge on any atom is -0.506 e. The minimum absolute atomic E-state index is 0.0759. The second-order valence-electron chi connectivity index (χ2n) is 9.85. The smallest absolute Gasteiger partial charge is 0.317 e. The number of fused-ring (bicyclic) bond motifs is 2. The van der Waals surface area contributed by atoms with Crippen LogP contribution in [-0.4, -0.2) is 58.1 Å². The van der Waals surface area contributed by atoms with Crippen LogP contribution in [0, 0.1) is 5.92 Å². The molecule has 2 aromatic rings. The van der Waals surface area contributed by atoms with Crippen molar-refractivity contribution in [1.82, 2.24) is 5.32 Å². The number of anilines is 2. The molecular formula is C25H30N4O8S2. The lowest BCUT2D eigenvalue weighted by Crippen LogP contribution is -2.55. The first-order valence-electron chi connectivity index (χ1n) is 12.0. The Morgan fingerprint density at radius 3 is 2.51 bits per heavy atom. The van der Waals surface area contributed by atoms with Crippen LogP contribution in [0.4, 0.5) is 11.4 Å². The van der Waals surface area contributed by atoms with E-state index in [0.29, 0.717) is 12.0 Å². The molecule has 39 heavy (non-hydrogen) atoms. The van der Waals surface area contributed by atoms with Crippen LogP contribution in [0.2, 0.25) is 0 Å². The summed E-state index contributed by atoms with van der Waals surface area (Å²) in [6.07, 6.45) is 1.69. The summed E-state index contributed by atoms with van der Waals surface area (Å²) in [6, 6.07) is 10.6. The molecule has 7 N–H and O–H groups in total. The van der Waals surface area contributed by atoms with Crippen LogP contribution in [0.3, 0.4) is 0 Å². The normalized spacial score (nSPS) is 21.0. The molecule has 0 spiro atoms. The Morgan fingerprint density at radius 2 is 1.87 bits per heavy atom. The van der Waals surface area contributed by atoms with Crippen LogP contribution < -0.4 is 15.4 Å². The van der Waals surface area contributed by atoms with Crippen LogP contribution in [0.15, 0.2) is 57.3 Å². The minimum atomic E-state index is -3.95. The molecule has 210 valence electrons. The molecule has 1 unspecified atom stereocenters. The number of carboxylic acid groups (broad SMARTS) is 1. The van der Waals surface area contributed by atoms with Crippen molar-refractivity contribution in [2.45, 2.75) is 37.1 Å². The number of aliphatic carboxylic acids is 1. The molecule has 0 saturated heterocycles. The molecule has 1 aliphatic carbocycles. The third-order valence-corrected chi connectivity index (χ3v) is 8.39. The number of aliphatic hydroxyl groups excluding tert-OH is 1. The van der Waals surface area contributed by atoms with Gasteiger partial charge in [-0.25, -0.2) is 8.42 Å². The number of carbonyl (C=O) groups excluding carboxylic acids is 1. The van der Waals surface area contributed by atoms with E-state index in [4.69, 9.17) is 0 Å². The molecule has 0 saturated carbocycles. The lowest BCUT2D eigenvalue weighted by molar-refractivity contribution is -0.136. The van der Waals surface area contributed by atoms with Crippen molar-refractivity contribution in [3.8, 4) is 0 Å². The summed E-state index contributed by atoms with van der Waals surface area (Å²) in [4.78, 5) is 25.7. The Hall–Kier alpha value is -3.43. The SMILES string of the molecule is CC(C)CCC1(NCC(=O)O)C(=O)C(C2=NS(O)(O)c3cc(NS(C)(=O)=O)ccc3N2)=C(O)c2ccccc21. The van der Waals surface area contributed by atoms with Crippen molar-refractivity contribution in [2.75, 3.05) is 22.8 Å². The van der Waals surface area contributed by atoms with Crippen molar-refractivity contribution >= 4 is 55.5 Å². The monoisotopic (exact) mass is 578 g/mol. The van der Waals surface area contributed by atoms with Crippen LogP contribution in [0.5, 0.6) is 0 Å². The van der Waals surface area contributed by atoms with Gasteiger partial charge in [0.25, 0.3) is 0 Å². The summed E-state index contributed by atoms with van der Waals surface area (Å²) < 4.78 is 51.3. The summed E-state index contributed by atoms with van der Waals surface area (Å²) >= 11 is 0. The van der Waals surface area contributed by atoms with Gasteiger partial charge >= 0.3 is 5.97 Å². The summed E-state index contributed by atoms with van der Waals surface area (Å²) in [5.74, 6) is -2.46. The van der Waals surface area contributed by atoms with E-state index >= 15 is 0 Å². The molecule has 1 heterocycles. The zero-order valence-electron chi connectivity index (χ0n) is 21.4. The van der Waals surface area contributed by atoms with Gasteiger partial charge in [-0.15, -0.1) is 4.40 Å². The van der Waals surface area contributed by atoms with Gasteiger partial charge in [0.2, 0.25) is 10.0 Å². The van der Waals surface area contributed by atoms with E-state index < -0.39 is 50.4 Å². The van der Waals surface area contributed by atoms with Crippen LogP contribution in [-0.2, 0) is 25.2 Å². The standard InChI is InChI=1S/C25H30N4O8S2/c1-14(2)10-11-25(26-13-20(30)31)17-7-5-4-6-16(17)22(32)21(23(25)33)24-27-18-9-8-15(28-38(3,34)35)12-19(18)39(36,37)29-24/h4-9,12,14,26,28,32,36-37H,10-11,13H2,1-3H3,(H,27,29)(H,30,31). The highest BCUT2D eigenvalue weighted by atomic mass is 32.3. The number of ketones is 1. The van der Waals surface area contributed by atoms with Crippen molar-refractivity contribution < 1.29 is 37.3 Å². The number of carbonyl (C=O) groups is 2. The molecule has 0 amide bonds. The highest BCUT2D eigenvalue weighted by Gasteiger charge is 2.49. The Balaban J connectivity index is 1.87. The number of amidine groups is 1. The molecule has 2 aromatic carbocycles. The average Bonchev–Trinajstić information content (AvgIpc) is 2.83. The Kier molecular flexibility index (Phi) is 7.53. The molecule has 0 fully saturated rings. The largest absolute Gasteiger partial charge is 0.506 e. The van der Waals surface area contributed by atoms with Crippen LogP contribution in [0.25, 0.3) is 5.76 Å². The first kappa shape index (κ1) is 28.6. The van der Waals surface area contributed by atoms with Crippen LogP contribution >= 0.6 is 10.8 Å². The van der Waals surface area contributed by atoms with Gasteiger partial charge in [-0.1, -0.05) is 48.9 Å². The third-order valence-electron chi connectivity index (χ3n) is 6.42. The quantitative estimate of drug-likeness (QED) is 0.230. The van der Waals surface area contributed by atoms with Crippen molar-refractivity contribution in [1.29, 1.82) is 0 Å². The number of Topliss-reactive ketones (excluding diaryl/α,β-unsaturated/α-hetero) is 1. The number of aliphatic hydroxyl groups is 1. The maximum absolute atomic E-state index is 14.3. The first-order chi connectivity index (χ1) is 18.1. The van der Waals surface area contributed by atoms with Gasteiger partial charge in [-0.05, 0) is 42.5 Å². The fourth-order valence-electron chi connectivity index (χ4n) is 4.67. The Labute approximate surface area is 227 Å². The predicted molar refractivity (Wildman–Crippen MR) is 149 cm³/mol. The summed E-state index contributed by atoms with van der Waals surface area (Å²) in [7, 11) is -7.60. The van der Waals surface area contributed by atoms with E-state index in [-0.39, 0.29) is 45.6 Å². The topological polar surface area (TPSA) is 198 Å². The molecule has 0 aromatic heterocycles. The van der Waals surface area contributed by atoms with Crippen molar-refractivity contribution in [3.05, 3.63) is 59.2 Å². The van der Waals surface area contributed by atoms with Gasteiger partial charge < -0.3 is 15.5 Å². The summed E-state index contributed by atoms with van der Waals surface area (Å²) in [5.41, 5.74) is -0.993. The fraction of sp³-hybridized carbons (Fsp3) is 0.320. The number of carboxylic acids is 1. The van der Waals surface area contributed by atoms with Crippen molar-refractivity contribution in [2.24, 2.45) is 10.3 Å². The molecule has 14 heteroatoms. The van der Waals surface area contributed by atoms with E-state index in [1.165, 1.54) is 18.2 Å². The zero-order valence-corrected chi connectivity index (χ0v) is 23.1. The molecular weight excluding hydrogens is 548 g/mol. The van der Waals surface area contributed by atoms with Gasteiger partial charge in [0.15, 0.2) is 11.6 Å². The van der Waals surface area contributed by atoms with Crippen LogP contribution in [0.1, 0.15) is 37.8 Å². The summed E-state index contributed by atoms with van der Waals surface area (Å²) in [6.45, 7) is 3.38. The highest BCUT2D eigenvalue weighted by Crippen LogP contribution is 2.57. The number of benzene rings is 2. The average molecular weight is 579 g/mol. The zero-order chi connectivity index (χ0) is 28.8. The predicted octanol–water partition coefficient (Wildman–Crippen LogP) is 3.76. The molecule has 1 aliphatic heterocycles. The summed E-state index contributed by atoms with van der Waals surface area (Å²) in [5, 5.41) is 26.5. The maximum atomic E-state index is 14.3. The van der Waals surface area contributed by atoms with Crippen molar-refractivity contribution in [3.63, 3.8) is 0 Å². The molecule has 0 radical (unpaired) electrons. The molecule has 12 nitrogen and oxygen atoms in total. The number of hydrogen-bond acceptors (Lipinski definition) is 10. The molecule has 0 bridgehead atoms.